The van der Waals surface area contributed by atoms with Crippen LogP contribution < -0.4 is 5.19 Å². The minimum Gasteiger partial charge on any atom is -0.265 e. The van der Waals surface area contributed by atoms with Crippen molar-refractivity contribution >= 4 is 52.1 Å². The van der Waals surface area contributed by atoms with Crippen LogP contribution in [0.25, 0.3) is 10.1 Å². The number of benzene rings is 1. The molecule has 0 saturated heterocycles. The van der Waals surface area contributed by atoms with Gasteiger partial charge in [-0.3, -0.25) is 4.79 Å². The number of fused-ring (bicyclic) bond motifs is 1. The second-order valence-electron chi connectivity index (χ2n) is 5.02. The number of hydrogen-bond acceptors (Lipinski definition) is 3. The Bertz CT molecular complexity index is 666. The molecule has 1 amide bonds. The lowest BCUT2D eigenvalue weighted by molar-refractivity contribution is 0.101. The molecule has 0 aliphatic carbocycles. The van der Waals surface area contributed by atoms with E-state index >= 15 is 0 Å². The largest absolute Gasteiger partial charge is 0.300 e. The normalized spacial score (nSPS) is 11.5. The molecule has 0 aliphatic heterocycles. The minimum absolute atomic E-state index is 0.0186. The smallest absolute Gasteiger partial charge is 0.265 e. The summed E-state index contributed by atoms with van der Waals surface area (Å²) in [6.07, 6.45) is 0. The number of nitrogens with zero attached hydrogens (tertiary/aromatic N) is 1. The number of rotatable bonds is 2. The Balaban J connectivity index is 2.80. The van der Waals surface area contributed by atoms with Crippen molar-refractivity contribution < 1.29 is 9.00 Å². The van der Waals surface area contributed by atoms with Crippen molar-refractivity contribution in [3.05, 3.63) is 29.1 Å². The van der Waals surface area contributed by atoms with E-state index in [-0.39, 0.29) is 11.5 Å². The van der Waals surface area contributed by atoms with Gasteiger partial charge in [-0.1, -0.05) is 37.8 Å². The van der Waals surface area contributed by atoms with Crippen LogP contribution in [0.15, 0.2) is 28.6 Å². The molecule has 0 atom stereocenters. The van der Waals surface area contributed by atoms with E-state index in [9.17, 15) is 9.00 Å². The zero-order valence-corrected chi connectivity index (χ0v) is 13.0. The van der Waals surface area contributed by atoms with Crippen LogP contribution in [0, 0.1) is 0 Å². The van der Waals surface area contributed by atoms with E-state index in [0.717, 1.165) is 15.3 Å². The van der Waals surface area contributed by atoms with Gasteiger partial charge in [-0.05, 0) is 16.6 Å². The van der Waals surface area contributed by atoms with Gasteiger partial charge in [-0.25, -0.2) is 0 Å². The molecule has 1 aromatic carbocycles. The van der Waals surface area contributed by atoms with Crippen LogP contribution in [0.3, 0.4) is 0 Å². The molecule has 2 aromatic rings. The van der Waals surface area contributed by atoms with Gasteiger partial charge in [-0.2, -0.15) is 4.21 Å². The molecule has 0 unspecified atom stereocenters. The molecule has 94 valence electrons. The van der Waals surface area contributed by atoms with Gasteiger partial charge in [-0.15, -0.1) is 15.7 Å². The van der Waals surface area contributed by atoms with E-state index in [1.165, 1.54) is 11.3 Å². The summed E-state index contributed by atoms with van der Waals surface area (Å²) in [5, 5.41) is 2.25. The number of thiophene rings is 1. The summed E-state index contributed by atoms with van der Waals surface area (Å²) >= 11 is 1.42. The molecule has 6 heteroatoms. The van der Waals surface area contributed by atoms with Crippen LogP contribution in [-0.4, -0.2) is 18.2 Å². The lowest BCUT2D eigenvalue weighted by Gasteiger charge is -2.16. The summed E-state index contributed by atoms with van der Waals surface area (Å²) < 4.78 is 14.9. The molecule has 0 N–H and O–H groups in total. The standard InChI is InChI=1S/C12H13NO2S2Si/c1-18(2,3)11-8-6-4-5-7-9(8)16-10(11)12(14)13-17-15/h4-7H,1-3H3. The Kier molecular flexibility index (Phi) is 3.60. The van der Waals surface area contributed by atoms with Crippen molar-refractivity contribution in [2.45, 2.75) is 19.6 Å². The third kappa shape index (κ3) is 2.36. The topological polar surface area (TPSA) is 46.5 Å². The molecule has 18 heavy (non-hydrogen) atoms. The summed E-state index contributed by atoms with van der Waals surface area (Å²) in [5.74, 6) is -0.395. The summed E-state index contributed by atoms with van der Waals surface area (Å²) in [6.45, 7) is 6.59. The van der Waals surface area contributed by atoms with Gasteiger partial charge >= 0.3 is 0 Å². The van der Waals surface area contributed by atoms with E-state index in [2.05, 4.69) is 24.0 Å². The average Bonchev–Trinajstić information content (AvgIpc) is 2.68. The zero-order valence-electron chi connectivity index (χ0n) is 10.4. The Morgan fingerprint density at radius 1 is 1.28 bits per heavy atom. The molecule has 0 saturated carbocycles. The van der Waals surface area contributed by atoms with Crippen LogP contribution in [0.2, 0.25) is 19.6 Å². The van der Waals surface area contributed by atoms with Crippen LogP contribution in [0.1, 0.15) is 9.67 Å². The Morgan fingerprint density at radius 2 is 1.94 bits per heavy atom. The molecule has 2 rings (SSSR count). The number of amides is 1. The maximum atomic E-state index is 11.9. The zero-order chi connectivity index (χ0) is 13.3. The van der Waals surface area contributed by atoms with Gasteiger partial charge in [0.1, 0.15) is 0 Å². The summed E-state index contributed by atoms with van der Waals surface area (Å²) in [5.41, 5.74) is 0. The lowest BCUT2D eigenvalue weighted by atomic mass is 10.2. The first-order chi connectivity index (χ1) is 8.45. The Labute approximate surface area is 114 Å². The van der Waals surface area contributed by atoms with Crippen LogP contribution >= 0.6 is 11.3 Å². The van der Waals surface area contributed by atoms with Gasteiger partial charge in [0, 0.05) is 4.70 Å². The summed E-state index contributed by atoms with van der Waals surface area (Å²) in [7, 11) is -1.66. The maximum absolute atomic E-state index is 11.9. The molecule has 0 aliphatic rings. The maximum Gasteiger partial charge on any atom is 0.300 e. The van der Waals surface area contributed by atoms with Gasteiger partial charge < -0.3 is 0 Å². The third-order valence-electron chi connectivity index (χ3n) is 2.66. The van der Waals surface area contributed by atoms with E-state index in [4.69, 9.17) is 0 Å². The Morgan fingerprint density at radius 3 is 2.56 bits per heavy atom. The van der Waals surface area contributed by atoms with Gasteiger partial charge in [0.05, 0.1) is 13.0 Å². The summed E-state index contributed by atoms with van der Waals surface area (Å²) in [4.78, 5) is 12.6. The molecule has 3 nitrogen and oxygen atoms in total. The van der Waals surface area contributed by atoms with Crippen LogP contribution in [0.4, 0.5) is 0 Å². The van der Waals surface area contributed by atoms with Crippen molar-refractivity contribution in [3.8, 4) is 0 Å². The quantitative estimate of drug-likeness (QED) is 0.800. The van der Waals surface area contributed by atoms with Crippen molar-refractivity contribution in [3.63, 3.8) is 0 Å². The first kappa shape index (κ1) is 13.3. The molecule has 1 aromatic heterocycles. The van der Waals surface area contributed by atoms with Crippen LogP contribution in [0.5, 0.6) is 0 Å². The second kappa shape index (κ2) is 4.87. The SMILES string of the molecule is C[Si](C)(C)c1c(C(=O)N=S=O)sc2ccccc12. The van der Waals surface area contributed by atoms with Crippen molar-refractivity contribution in [1.82, 2.24) is 0 Å². The van der Waals surface area contributed by atoms with E-state index in [1.807, 2.05) is 24.3 Å². The number of carbonyl (C=O) groups excluding carboxylic acids is 1. The monoisotopic (exact) mass is 295 g/mol. The predicted octanol–water partition coefficient (Wildman–Crippen LogP) is 2.98. The predicted molar refractivity (Wildman–Crippen MR) is 79.7 cm³/mol. The van der Waals surface area contributed by atoms with Gasteiger partial charge in [0.2, 0.25) is 11.5 Å². The van der Waals surface area contributed by atoms with Crippen molar-refractivity contribution in [2.24, 2.45) is 4.36 Å². The average molecular weight is 295 g/mol. The van der Waals surface area contributed by atoms with E-state index < -0.39 is 14.0 Å². The van der Waals surface area contributed by atoms with Crippen molar-refractivity contribution in [2.75, 3.05) is 0 Å². The highest BCUT2D eigenvalue weighted by atomic mass is 32.1. The van der Waals surface area contributed by atoms with Gasteiger partial charge in [0.25, 0.3) is 5.91 Å². The number of carbonyl (C=O) groups is 1. The molecular formula is C12H13NO2S2Si. The molecule has 1 heterocycles. The first-order valence-electron chi connectivity index (χ1n) is 5.51. The third-order valence-corrected chi connectivity index (χ3v) is 6.26. The lowest BCUT2D eigenvalue weighted by Crippen LogP contribution is -2.40. The first-order valence-corrected chi connectivity index (χ1v) is 10.5. The fourth-order valence-corrected chi connectivity index (χ4v) is 6.20. The number of hydrogen-bond donors (Lipinski definition) is 0. The highest BCUT2D eigenvalue weighted by Crippen LogP contribution is 2.27. The van der Waals surface area contributed by atoms with E-state index in [1.54, 1.807) is 0 Å². The second-order valence-corrected chi connectivity index (χ2v) is 11.4. The molecule has 0 fully saturated rings. The highest BCUT2D eigenvalue weighted by Gasteiger charge is 2.28. The van der Waals surface area contributed by atoms with Crippen LogP contribution in [-0.2, 0) is 11.5 Å². The summed E-state index contributed by atoms with van der Waals surface area (Å²) in [6, 6.07) is 7.98. The van der Waals surface area contributed by atoms with E-state index in [0.29, 0.717) is 4.88 Å². The highest BCUT2D eigenvalue weighted by molar-refractivity contribution is 7.55. The molecule has 0 spiro atoms. The molecular weight excluding hydrogens is 282 g/mol. The van der Waals surface area contributed by atoms with Gasteiger partial charge in [0.15, 0.2) is 0 Å². The molecule has 0 radical (unpaired) electrons. The minimum atomic E-state index is -1.66. The fourth-order valence-electron chi connectivity index (χ4n) is 2.02. The molecule has 0 bridgehead atoms. The fraction of sp³-hybridized carbons (Fsp3) is 0.250. The Hall–Kier alpha value is -1.11. The van der Waals surface area contributed by atoms with Crippen molar-refractivity contribution in [1.29, 1.82) is 0 Å².